The van der Waals surface area contributed by atoms with Gasteiger partial charge in [-0.05, 0) is 29.7 Å². The first-order chi connectivity index (χ1) is 11.2. The average molecular weight is 311 g/mol. The van der Waals surface area contributed by atoms with E-state index in [9.17, 15) is 9.90 Å². The van der Waals surface area contributed by atoms with Crippen LogP contribution in [0.5, 0.6) is 5.75 Å². The summed E-state index contributed by atoms with van der Waals surface area (Å²) in [4.78, 5) is 12.4. The van der Waals surface area contributed by atoms with Crippen LogP contribution >= 0.6 is 0 Å². The van der Waals surface area contributed by atoms with E-state index < -0.39 is 12.1 Å². The third-order valence-electron chi connectivity index (χ3n) is 4.24. The van der Waals surface area contributed by atoms with Crippen molar-refractivity contribution in [3.8, 4) is 5.75 Å². The highest BCUT2D eigenvalue weighted by Crippen LogP contribution is 2.31. The summed E-state index contributed by atoms with van der Waals surface area (Å²) in [5.74, 6) is 0.209. The maximum atomic E-state index is 12.4. The molecule has 0 bridgehead atoms. The standard InChI is InChI=1S/C19H21NO3/c1-2-16(19(22)23-14-9-4-3-5-10-14)20-18-15-11-7-6-8-13(15)12-17(18)21/h3-11,16-18,20-21H,2,12H2,1H3/t16?,17-,18-/m1/s1. The predicted molar refractivity (Wildman–Crippen MR) is 88.2 cm³/mol. The summed E-state index contributed by atoms with van der Waals surface area (Å²) in [6, 6.07) is 16.3. The second-order valence-corrected chi connectivity index (χ2v) is 5.81. The molecule has 1 aliphatic rings. The molecular formula is C19H21NO3. The van der Waals surface area contributed by atoms with Crippen molar-refractivity contribution in [3.63, 3.8) is 0 Å². The van der Waals surface area contributed by atoms with Crippen molar-refractivity contribution in [1.29, 1.82) is 0 Å². The molecule has 4 heteroatoms. The van der Waals surface area contributed by atoms with E-state index in [2.05, 4.69) is 5.32 Å². The molecule has 1 aliphatic carbocycles. The number of benzene rings is 2. The Balaban J connectivity index is 1.71. The maximum absolute atomic E-state index is 12.4. The van der Waals surface area contributed by atoms with Gasteiger partial charge < -0.3 is 9.84 Å². The molecule has 3 rings (SSSR count). The first-order valence-electron chi connectivity index (χ1n) is 7.97. The van der Waals surface area contributed by atoms with Crippen molar-refractivity contribution in [3.05, 3.63) is 65.7 Å². The molecule has 0 radical (unpaired) electrons. The Morgan fingerprint density at radius 1 is 1.22 bits per heavy atom. The predicted octanol–water partition coefficient (Wildman–Crippen LogP) is 2.62. The molecule has 120 valence electrons. The fourth-order valence-corrected chi connectivity index (χ4v) is 3.02. The highest BCUT2D eigenvalue weighted by Gasteiger charge is 2.33. The van der Waals surface area contributed by atoms with E-state index in [1.165, 1.54) is 0 Å². The molecule has 3 atom stereocenters. The van der Waals surface area contributed by atoms with E-state index >= 15 is 0 Å². The monoisotopic (exact) mass is 311 g/mol. The summed E-state index contributed by atoms with van der Waals surface area (Å²) in [7, 11) is 0. The van der Waals surface area contributed by atoms with Crippen molar-refractivity contribution in [2.75, 3.05) is 0 Å². The lowest BCUT2D eigenvalue weighted by Crippen LogP contribution is -2.43. The number of para-hydroxylation sites is 1. The van der Waals surface area contributed by atoms with E-state index in [0.717, 1.165) is 11.1 Å². The number of aliphatic hydroxyl groups is 1. The number of fused-ring (bicyclic) bond motifs is 1. The van der Waals surface area contributed by atoms with Crippen LogP contribution in [-0.4, -0.2) is 23.2 Å². The fourth-order valence-electron chi connectivity index (χ4n) is 3.02. The zero-order valence-electron chi connectivity index (χ0n) is 13.1. The number of ether oxygens (including phenoxy) is 1. The third-order valence-corrected chi connectivity index (χ3v) is 4.24. The van der Waals surface area contributed by atoms with Gasteiger partial charge in [-0.3, -0.25) is 5.32 Å². The van der Waals surface area contributed by atoms with Gasteiger partial charge >= 0.3 is 5.97 Å². The highest BCUT2D eigenvalue weighted by atomic mass is 16.5. The number of rotatable bonds is 5. The molecular weight excluding hydrogens is 290 g/mol. The second kappa shape index (κ2) is 6.94. The molecule has 1 unspecified atom stereocenters. The molecule has 0 aromatic heterocycles. The second-order valence-electron chi connectivity index (χ2n) is 5.81. The lowest BCUT2D eigenvalue weighted by molar-refractivity contribution is -0.137. The topological polar surface area (TPSA) is 58.6 Å². The molecule has 0 aliphatic heterocycles. The summed E-state index contributed by atoms with van der Waals surface area (Å²) in [6.45, 7) is 1.93. The van der Waals surface area contributed by atoms with Crippen LogP contribution in [0.2, 0.25) is 0 Å². The van der Waals surface area contributed by atoms with Crippen LogP contribution in [0.1, 0.15) is 30.5 Å². The van der Waals surface area contributed by atoms with Gasteiger partial charge in [0.2, 0.25) is 0 Å². The fraction of sp³-hybridized carbons (Fsp3) is 0.316. The van der Waals surface area contributed by atoms with Crippen LogP contribution < -0.4 is 10.1 Å². The lowest BCUT2D eigenvalue weighted by atomic mass is 10.1. The Morgan fingerprint density at radius 3 is 2.65 bits per heavy atom. The molecule has 23 heavy (non-hydrogen) atoms. The molecule has 0 spiro atoms. The van der Waals surface area contributed by atoms with Crippen molar-refractivity contribution in [1.82, 2.24) is 5.32 Å². The SMILES string of the molecule is CCC(N[C@@H]1c2ccccc2C[C@H]1O)C(=O)Oc1ccccc1. The van der Waals surface area contributed by atoms with E-state index in [1.807, 2.05) is 49.4 Å². The van der Waals surface area contributed by atoms with Gasteiger partial charge in [-0.15, -0.1) is 0 Å². The highest BCUT2D eigenvalue weighted by molar-refractivity contribution is 5.78. The van der Waals surface area contributed by atoms with Gasteiger partial charge in [-0.25, -0.2) is 4.79 Å². The Hall–Kier alpha value is -2.17. The summed E-state index contributed by atoms with van der Waals surface area (Å²) in [5.41, 5.74) is 2.19. The van der Waals surface area contributed by atoms with Crippen molar-refractivity contribution in [2.24, 2.45) is 0 Å². The van der Waals surface area contributed by atoms with Gasteiger partial charge in [0.15, 0.2) is 0 Å². The van der Waals surface area contributed by atoms with E-state index in [0.29, 0.717) is 18.6 Å². The smallest absolute Gasteiger partial charge is 0.328 e. The first-order valence-corrected chi connectivity index (χ1v) is 7.97. The number of carbonyl (C=O) groups is 1. The largest absolute Gasteiger partial charge is 0.425 e. The maximum Gasteiger partial charge on any atom is 0.328 e. The number of esters is 1. The summed E-state index contributed by atoms with van der Waals surface area (Å²) < 4.78 is 5.42. The van der Waals surface area contributed by atoms with Gasteiger partial charge in [0.25, 0.3) is 0 Å². The van der Waals surface area contributed by atoms with Crippen LogP contribution in [0.25, 0.3) is 0 Å². The molecule has 4 nitrogen and oxygen atoms in total. The molecule has 0 heterocycles. The van der Waals surface area contributed by atoms with Gasteiger partial charge in [-0.1, -0.05) is 49.4 Å². The third kappa shape index (κ3) is 3.44. The zero-order valence-corrected chi connectivity index (χ0v) is 13.1. The summed E-state index contributed by atoms with van der Waals surface area (Å²) in [6.07, 6.45) is 0.681. The van der Waals surface area contributed by atoms with Crippen molar-refractivity contribution >= 4 is 5.97 Å². The number of carbonyl (C=O) groups excluding carboxylic acids is 1. The minimum atomic E-state index is -0.522. The molecule has 2 aromatic rings. The van der Waals surface area contributed by atoms with Crippen LogP contribution in [0.3, 0.4) is 0 Å². The number of hydrogen-bond acceptors (Lipinski definition) is 4. The molecule has 0 fully saturated rings. The van der Waals surface area contributed by atoms with Gasteiger partial charge in [-0.2, -0.15) is 0 Å². The minimum Gasteiger partial charge on any atom is -0.425 e. The lowest BCUT2D eigenvalue weighted by Gasteiger charge is -2.23. The van der Waals surface area contributed by atoms with Crippen LogP contribution in [0, 0.1) is 0 Å². The average Bonchev–Trinajstić information content (AvgIpc) is 2.88. The molecule has 2 aromatic carbocycles. The van der Waals surface area contributed by atoms with Gasteiger partial charge in [0.1, 0.15) is 11.8 Å². The van der Waals surface area contributed by atoms with Gasteiger partial charge in [0.05, 0.1) is 12.1 Å². The van der Waals surface area contributed by atoms with Gasteiger partial charge in [0, 0.05) is 6.42 Å². The Labute approximate surface area is 136 Å². The Morgan fingerprint density at radius 2 is 1.91 bits per heavy atom. The quantitative estimate of drug-likeness (QED) is 0.658. The first kappa shape index (κ1) is 15.7. The molecule has 0 saturated heterocycles. The molecule has 0 amide bonds. The molecule has 2 N–H and O–H groups in total. The summed E-state index contributed by atoms with van der Waals surface area (Å²) >= 11 is 0. The number of nitrogens with one attached hydrogen (secondary N) is 1. The van der Waals surface area contributed by atoms with E-state index in [-0.39, 0.29) is 12.0 Å². The van der Waals surface area contributed by atoms with Crippen molar-refractivity contribution < 1.29 is 14.6 Å². The van der Waals surface area contributed by atoms with Crippen LogP contribution in [0.4, 0.5) is 0 Å². The zero-order chi connectivity index (χ0) is 16.2. The number of hydrogen-bond donors (Lipinski definition) is 2. The Bertz CT molecular complexity index is 671. The normalized spacial score (nSPS) is 20.8. The van der Waals surface area contributed by atoms with E-state index in [4.69, 9.17) is 4.74 Å². The van der Waals surface area contributed by atoms with Crippen molar-refractivity contribution in [2.45, 2.75) is 38.0 Å². The number of aliphatic hydroxyl groups excluding tert-OH is 1. The Kier molecular flexibility index (Phi) is 4.74. The van der Waals surface area contributed by atoms with E-state index in [1.54, 1.807) is 12.1 Å². The molecule has 0 saturated carbocycles. The minimum absolute atomic E-state index is 0.237. The van der Waals surface area contributed by atoms with Crippen LogP contribution in [0.15, 0.2) is 54.6 Å². The van der Waals surface area contributed by atoms with Crippen LogP contribution in [-0.2, 0) is 11.2 Å². The summed E-state index contributed by atoms with van der Waals surface area (Å²) in [5, 5.41) is 13.6.